The van der Waals surface area contributed by atoms with Crippen molar-refractivity contribution in [3.63, 3.8) is 0 Å². The molecule has 0 aromatic heterocycles. The first-order valence-corrected chi connectivity index (χ1v) is 2.33. The lowest BCUT2D eigenvalue weighted by Gasteiger charge is -2.08. The van der Waals surface area contributed by atoms with E-state index in [-0.39, 0.29) is 5.48 Å². The standard InChI is InChI=1S/C5H6N2O.H2O/c8-5-7-3-1-2-6-4-7;/h1-2,4-5H,3H2;1H2. The zero-order valence-corrected chi connectivity index (χ0v) is 4.82. The van der Waals surface area contributed by atoms with Crippen molar-refractivity contribution in [2.24, 2.45) is 4.99 Å². The van der Waals surface area contributed by atoms with Gasteiger partial charge < -0.3 is 10.4 Å². The van der Waals surface area contributed by atoms with E-state index in [1.165, 1.54) is 11.2 Å². The summed E-state index contributed by atoms with van der Waals surface area (Å²) in [5.41, 5.74) is 0. The Morgan fingerprint density at radius 1 is 1.67 bits per heavy atom. The second-order valence-electron chi connectivity index (χ2n) is 1.45. The van der Waals surface area contributed by atoms with Crippen molar-refractivity contribution in [3.05, 3.63) is 12.3 Å². The number of carbonyl (C=O) groups is 1. The normalized spacial score (nSPS) is 14.9. The SMILES string of the molecule is O.O=CN1C=NC=CC1. The summed E-state index contributed by atoms with van der Waals surface area (Å²) in [5, 5.41) is 0. The van der Waals surface area contributed by atoms with E-state index in [1.807, 2.05) is 6.08 Å². The van der Waals surface area contributed by atoms with E-state index in [2.05, 4.69) is 4.99 Å². The molecule has 1 heterocycles. The fourth-order valence-corrected chi connectivity index (χ4v) is 0.471. The molecule has 1 aliphatic heterocycles. The molecule has 0 radical (unpaired) electrons. The lowest BCUT2D eigenvalue weighted by Crippen LogP contribution is -2.21. The summed E-state index contributed by atoms with van der Waals surface area (Å²) in [4.78, 5) is 15.1. The van der Waals surface area contributed by atoms with E-state index in [4.69, 9.17) is 0 Å². The molecule has 0 spiro atoms. The van der Waals surface area contributed by atoms with Crippen molar-refractivity contribution in [1.82, 2.24) is 4.90 Å². The topological polar surface area (TPSA) is 64.2 Å². The molecule has 0 aromatic rings. The number of aliphatic imine (C=N–C) groups is 1. The lowest BCUT2D eigenvalue weighted by atomic mass is 10.5. The molecular formula is C5H8N2O2. The van der Waals surface area contributed by atoms with Crippen LogP contribution in [0.2, 0.25) is 0 Å². The van der Waals surface area contributed by atoms with Gasteiger partial charge in [0, 0.05) is 12.7 Å². The Morgan fingerprint density at radius 3 is 2.78 bits per heavy atom. The smallest absolute Gasteiger partial charge is 0.215 e. The lowest BCUT2D eigenvalue weighted by molar-refractivity contribution is -0.114. The Morgan fingerprint density at radius 2 is 2.44 bits per heavy atom. The molecule has 0 saturated carbocycles. The summed E-state index contributed by atoms with van der Waals surface area (Å²) >= 11 is 0. The number of rotatable bonds is 1. The third kappa shape index (κ3) is 2.05. The highest BCUT2D eigenvalue weighted by atomic mass is 16.1. The van der Waals surface area contributed by atoms with E-state index >= 15 is 0 Å². The van der Waals surface area contributed by atoms with Crippen LogP contribution < -0.4 is 0 Å². The molecule has 0 saturated heterocycles. The van der Waals surface area contributed by atoms with Crippen LogP contribution in [-0.4, -0.2) is 29.7 Å². The van der Waals surface area contributed by atoms with Crippen molar-refractivity contribution in [2.75, 3.05) is 6.54 Å². The maximum Gasteiger partial charge on any atom is 0.215 e. The van der Waals surface area contributed by atoms with Gasteiger partial charge in [0.1, 0.15) is 0 Å². The Kier molecular flexibility index (Phi) is 3.31. The van der Waals surface area contributed by atoms with Gasteiger partial charge in [0.05, 0.1) is 6.34 Å². The summed E-state index contributed by atoms with van der Waals surface area (Å²) < 4.78 is 0. The number of nitrogens with zero attached hydrogens (tertiary/aromatic N) is 2. The van der Waals surface area contributed by atoms with Gasteiger partial charge in [-0.2, -0.15) is 0 Å². The molecule has 0 aliphatic carbocycles. The molecule has 50 valence electrons. The molecular weight excluding hydrogens is 120 g/mol. The fraction of sp³-hybridized carbons (Fsp3) is 0.200. The Bertz CT molecular complexity index is 142. The van der Waals surface area contributed by atoms with Gasteiger partial charge in [-0.1, -0.05) is 0 Å². The van der Waals surface area contributed by atoms with Crippen molar-refractivity contribution >= 4 is 12.7 Å². The Labute approximate surface area is 52.8 Å². The number of amides is 1. The molecule has 0 unspecified atom stereocenters. The third-order valence-electron chi connectivity index (χ3n) is 0.858. The minimum absolute atomic E-state index is 0. The van der Waals surface area contributed by atoms with E-state index in [0.29, 0.717) is 6.54 Å². The van der Waals surface area contributed by atoms with Gasteiger partial charge in [-0.05, 0) is 6.08 Å². The zero-order chi connectivity index (χ0) is 5.82. The van der Waals surface area contributed by atoms with E-state index in [0.717, 1.165) is 6.41 Å². The summed E-state index contributed by atoms with van der Waals surface area (Å²) in [5.74, 6) is 0. The van der Waals surface area contributed by atoms with E-state index in [1.54, 1.807) is 6.20 Å². The summed E-state index contributed by atoms with van der Waals surface area (Å²) in [6, 6.07) is 0. The van der Waals surface area contributed by atoms with Crippen LogP contribution in [0.1, 0.15) is 0 Å². The molecule has 2 N–H and O–H groups in total. The van der Waals surface area contributed by atoms with Crippen LogP contribution in [0.15, 0.2) is 17.3 Å². The molecule has 1 rings (SSSR count). The quantitative estimate of drug-likeness (QED) is 0.425. The van der Waals surface area contributed by atoms with Gasteiger partial charge in [0.2, 0.25) is 6.41 Å². The van der Waals surface area contributed by atoms with E-state index in [9.17, 15) is 4.79 Å². The van der Waals surface area contributed by atoms with Crippen molar-refractivity contribution in [3.8, 4) is 0 Å². The predicted octanol–water partition coefficient (Wildman–Crippen LogP) is -0.824. The monoisotopic (exact) mass is 128 g/mol. The van der Waals surface area contributed by atoms with Gasteiger partial charge in [0.25, 0.3) is 0 Å². The van der Waals surface area contributed by atoms with Gasteiger partial charge in [-0.25, -0.2) is 4.99 Å². The van der Waals surface area contributed by atoms with Crippen LogP contribution in [-0.2, 0) is 4.79 Å². The van der Waals surface area contributed by atoms with Crippen LogP contribution in [0.5, 0.6) is 0 Å². The highest BCUT2D eigenvalue weighted by Crippen LogP contribution is 1.86. The minimum atomic E-state index is 0. The summed E-state index contributed by atoms with van der Waals surface area (Å²) in [7, 11) is 0. The Hall–Kier alpha value is -1.16. The van der Waals surface area contributed by atoms with Gasteiger partial charge >= 0.3 is 0 Å². The largest absolute Gasteiger partial charge is 0.412 e. The number of hydrogen-bond acceptors (Lipinski definition) is 2. The first-order valence-electron chi connectivity index (χ1n) is 2.33. The average molecular weight is 128 g/mol. The second kappa shape index (κ2) is 3.80. The Balaban J connectivity index is 0.000000640. The molecule has 9 heavy (non-hydrogen) atoms. The minimum Gasteiger partial charge on any atom is -0.412 e. The molecule has 4 nitrogen and oxygen atoms in total. The average Bonchev–Trinajstić information content (AvgIpc) is 1.90. The zero-order valence-electron chi connectivity index (χ0n) is 4.82. The maximum absolute atomic E-state index is 9.96. The summed E-state index contributed by atoms with van der Waals surface area (Å²) in [6.07, 6.45) is 5.72. The highest BCUT2D eigenvalue weighted by Gasteiger charge is 1.93. The van der Waals surface area contributed by atoms with Crippen LogP contribution in [0.25, 0.3) is 0 Å². The van der Waals surface area contributed by atoms with Gasteiger partial charge in [-0.15, -0.1) is 0 Å². The first kappa shape index (κ1) is 7.84. The molecule has 0 aromatic carbocycles. The van der Waals surface area contributed by atoms with Crippen LogP contribution >= 0.6 is 0 Å². The third-order valence-corrected chi connectivity index (χ3v) is 0.858. The molecule has 1 aliphatic rings. The van der Waals surface area contributed by atoms with Crippen molar-refractivity contribution in [1.29, 1.82) is 0 Å². The van der Waals surface area contributed by atoms with Crippen LogP contribution in [0.4, 0.5) is 0 Å². The second-order valence-corrected chi connectivity index (χ2v) is 1.45. The molecule has 0 atom stereocenters. The number of carbonyl (C=O) groups excluding carboxylic acids is 1. The first-order chi connectivity index (χ1) is 3.93. The highest BCUT2D eigenvalue weighted by molar-refractivity contribution is 5.73. The van der Waals surface area contributed by atoms with Crippen molar-refractivity contribution < 1.29 is 10.3 Å². The van der Waals surface area contributed by atoms with Gasteiger partial charge in [-0.3, -0.25) is 4.79 Å². The molecule has 4 heteroatoms. The van der Waals surface area contributed by atoms with Gasteiger partial charge in [0.15, 0.2) is 0 Å². The molecule has 0 bridgehead atoms. The molecule has 0 fully saturated rings. The van der Waals surface area contributed by atoms with Crippen LogP contribution in [0, 0.1) is 0 Å². The van der Waals surface area contributed by atoms with Crippen molar-refractivity contribution in [2.45, 2.75) is 0 Å². The van der Waals surface area contributed by atoms with E-state index < -0.39 is 0 Å². The maximum atomic E-state index is 9.96. The fourth-order valence-electron chi connectivity index (χ4n) is 0.471. The molecule has 1 amide bonds. The number of hydrogen-bond donors (Lipinski definition) is 0. The van der Waals surface area contributed by atoms with Crippen LogP contribution in [0.3, 0.4) is 0 Å². The summed E-state index contributed by atoms with van der Waals surface area (Å²) in [6.45, 7) is 0.646. The predicted molar refractivity (Wildman–Crippen MR) is 34.0 cm³/mol.